The third kappa shape index (κ3) is 5.38. The van der Waals surface area contributed by atoms with Crippen molar-refractivity contribution in [3.05, 3.63) is 53.9 Å². The predicted molar refractivity (Wildman–Crippen MR) is 89.3 cm³/mol. The summed E-state index contributed by atoms with van der Waals surface area (Å²) in [6, 6.07) is 11.1. The quantitative estimate of drug-likeness (QED) is 0.786. The predicted octanol–water partition coefficient (Wildman–Crippen LogP) is 2.93. The molecule has 2 aromatic rings. The van der Waals surface area contributed by atoms with Crippen LogP contribution in [0.2, 0.25) is 0 Å². The molecule has 0 radical (unpaired) electrons. The molecular formula is C18H22N2O3. The zero-order valence-corrected chi connectivity index (χ0v) is 13.3. The molecule has 23 heavy (non-hydrogen) atoms. The SMILES string of the molecule is CCOc1ccc(NC(=O)CCCc2ccccn2)cc1CO. The Kier molecular flexibility index (Phi) is 6.56. The van der Waals surface area contributed by atoms with E-state index in [0.717, 1.165) is 18.5 Å². The van der Waals surface area contributed by atoms with Crippen molar-refractivity contribution in [1.29, 1.82) is 0 Å². The van der Waals surface area contributed by atoms with Crippen molar-refractivity contribution in [1.82, 2.24) is 4.98 Å². The molecule has 0 aliphatic heterocycles. The lowest BCUT2D eigenvalue weighted by atomic mass is 10.1. The van der Waals surface area contributed by atoms with E-state index in [-0.39, 0.29) is 12.5 Å². The van der Waals surface area contributed by atoms with Crippen LogP contribution in [0.3, 0.4) is 0 Å². The summed E-state index contributed by atoms with van der Waals surface area (Å²) in [6.45, 7) is 2.30. The van der Waals surface area contributed by atoms with Crippen LogP contribution >= 0.6 is 0 Å². The first-order chi connectivity index (χ1) is 11.2. The van der Waals surface area contributed by atoms with Crippen LogP contribution in [-0.4, -0.2) is 22.6 Å². The number of pyridine rings is 1. The molecule has 0 unspecified atom stereocenters. The fourth-order valence-electron chi connectivity index (χ4n) is 2.28. The Morgan fingerprint density at radius 1 is 1.30 bits per heavy atom. The fourth-order valence-corrected chi connectivity index (χ4v) is 2.28. The number of hydrogen-bond donors (Lipinski definition) is 2. The lowest BCUT2D eigenvalue weighted by Gasteiger charge is -2.11. The van der Waals surface area contributed by atoms with Crippen molar-refractivity contribution in [3.8, 4) is 5.75 Å². The number of aliphatic hydroxyl groups is 1. The molecule has 0 saturated carbocycles. The number of hydrogen-bond acceptors (Lipinski definition) is 4. The van der Waals surface area contributed by atoms with Gasteiger partial charge in [0.05, 0.1) is 13.2 Å². The highest BCUT2D eigenvalue weighted by Crippen LogP contribution is 2.23. The van der Waals surface area contributed by atoms with Crippen molar-refractivity contribution in [2.24, 2.45) is 0 Å². The normalized spacial score (nSPS) is 10.3. The van der Waals surface area contributed by atoms with E-state index in [1.54, 1.807) is 24.4 Å². The second-order valence-corrected chi connectivity index (χ2v) is 5.14. The molecule has 5 heteroatoms. The Hall–Kier alpha value is -2.40. The van der Waals surface area contributed by atoms with Gasteiger partial charge in [0.2, 0.25) is 5.91 Å². The number of aryl methyl sites for hydroxylation is 1. The van der Waals surface area contributed by atoms with E-state index < -0.39 is 0 Å². The minimum atomic E-state index is -0.126. The summed E-state index contributed by atoms with van der Waals surface area (Å²) in [5.41, 5.74) is 2.32. The Labute approximate surface area is 136 Å². The average molecular weight is 314 g/mol. The van der Waals surface area contributed by atoms with E-state index in [4.69, 9.17) is 4.74 Å². The van der Waals surface area contributed by atoms with Gasteiger partial charge in [-0.3, -0.25) is 9.78 Å². The van der Waals surface area contributed by atoms with Gasteiger partial charge < -0.3 is 15.2 Å². The average Bonchev–Trinajstić information content (AvgIpc) is 2.57. The summed E-state index contributed by atoms with van der Waals surface area (Å²) in [4.78, 5) is 16.2. The van der Waals surface area contributed by atoms with Crippen LogP contribution in [0, 0.1) is 0 Å². The van der Waals surface area contributed by atoms with E-state index in [1.165, 1.54) is 0 Å². The van der Waals surface area contributed by atoms with Crippen LogP contribution in [0.5, 0.6) is 5.75 Å². The molecule has 122 valence electrons. The number of rotatable bonds is 8. The second kappa shape index (κ2) is 8.90. The van der Waals surface area contributed by atoms with Gasteiger partial charge in [-0.25, -0.2) is 0 Å². The van der Waals surface area contributed by atoms with E-state index in [1.807, 2.05) is 25.1 Å². The van der Waals surface area contributed by atoms with Gasteiger partial charge in [0.1, 0.15) is 5.75 Å². The number of amides is 1. The first-order valence-electron chi connectivity index (χ1n) is 7.79. The number of anilines is 1. The molecule has 1 aromatic carbocycles. The van der Waals surface area contributed by atoms with Crippen LogP contribution in [0.4, 0.5) is 5.69 Å². The topological polar surface area (TPSA) is 71.5 Å². The summed E-state index contributed by atoms with van der Waals surface area (Å²) in [5, 5.41) is 12.2. The van der Waals surface area contributed by atoms with Gasteiger partial charge in [-0.2, -0.15) is 0 Å². The van der Waals surface area contributed by atoms with Crippen molar-refractivity contribution in [2.45, 2.75) is 32.8 Å². The maximum absolute atomic E-state index is 12.0. The third-order valence-corrected chi connectivity index (χ3v) is 3.38. The van der Waals surface area contributed by atoms with Crippen LogP contribution in [0.1, 0.15) is 31.0 Å². The van der Waals surface area contributed by atoms with Gasteiger partial charge in [0, 0.05) is 29.6 Å². The van der Waals surface area contributed by atoms with Crippen LogP contribution in [0.25, 0.3) is 0 Å². The number of ether oxygens (including phenoxy) is 1. The molecule has 0 spiro atoms. The molecule has 1 heterocycles. The Morgan fingerprint density at radius 2 is 2.17 bits per heavy atom. The third-order valence-electron chi connectivity index (χ3n) is 3.38. The Balaban J connectivity index is 1.85. The summed E-state index contributed by atoms with van der Waals surface area (Å²) in [7, 11) is 0. The number of benzene rings is 1. The molecule has 5 nitrogen and oxygen atoms in total. The molecule has 0 aliphatic carbocycles. The van der Waals surface area contributed by atoms with Crippen LogP contribution < -0.4 is 10.1 Å². The molecule has 2 N–H and O–H groups in total. The molecule has 0 bridgehead atoms. The number of carbonyl (C=O) groups excluding carboxylic acids is 1. The summed E-state index contributed by atoms with van der Waals surface area (Å²) >= 11 is 0. The van der Waals surface area contributed by atoms with Crippen molar-refractivity contribution < 1.29 is 14.6 Å². The molecule has 0 atom stereocenters. The van der Waals surface area contributed by atoms with E-state index in [9.17, 15) is 9.90 Å². The largest absolute Gasteiger partial charge is 0.494 e. The summed E-state index contributed by atoms with van der Waals surface area (Å²) in [6.07, 6.45) is 3.70. The Morgan fingerprint density at radius 3 is 2.87 bits per heavy atom. The Bertz CT molecular complexity index is 629. The molecule has 0 aliphatic rings. The summed E-state index contributed by atoms with van der Waals surface area (Å²) in [5.74, 6) is 0.595. The van der Waals surface area contributed by atoms with Crippen LogP contribution in [0.15, 0.2) is 42.6 Å². The van der Waals surface area contributed by atoms with Gasteiger partial charge in [-0.05, 0) is 50.1 Å². The lowest BCUT2D eigenvalue weighted by Crippen LogP contribution is -2.12. The number of carbonyl (C=O) groups is 1. The first kappa shape index (κ1) is 17.0. The van der Waals surface area contributed by atoms with E-state index in [0.29, 0.717) is 30.0 Å². The summed E-state index contributed by atoms with van der Waals surface area (Å²) < 4.78 is 5.42. The van der Waals surface area contributed by atoms with Gasteiger partial charge in [0.15, 0.2) is 0 Å². The molecule has 1 amide bonds. The zero-order valence-electron chi connectivity index (χ0n) is 13.3. The number of aliphatic hydroxyl groups excluding tert-OH is 1. The number of nitrogens with zero attached hydrogens (tertiary/aromatic N) is 1. The molecule has 0 saturated heterocycles. The highest BCUT2D eigenvalue weighted by Gasteiger charge is 2.07. The molecule has 0 fully saturated rings. The van der Waals surface area contributed by atoms with Gasteiger partial charge in [-0.15, -0.1) is 0 Å². The van der Waals surface area contributed by atoms with Gasteiger partial charge >= 0.3 is 0 Å². The van der Waals surface area contributed by atoms with Crippen molar-refractivity contribution >= 4 is 11.6 Å². The fraction of sp³-hybridized carbons (Fsp3) is 0.333. The maximum Gasteiger partial charge on any atom is 0.224 e. The van der Waals surface area contributed by atoms with E-state index >= 15 is 0 Å². The highest BCUT2D eigenvalue weighted by atomic mass is 16.5. The van der Waals surface area contributed by atoms with Crippen molar-refractivity contribution in [2.75, 3.05) is 11.9 Å². The minimum Gasteiger partial charge on any atom is -0.494 e. The van der Waals surface area contributed by atoms with Gasteiger partial charge in [-0.1, -0.05) is 6.07 Å². The molecule has 1 aromatic heterocycles. The first-order valence-corrected chi connectivity index (χ1v) is 7.79. The number of aromatic nitrogens is 1. The number of nitrogens with one attached hydrogen (secondary N) is 1. The molecular weight excluding hydrogens is 292 g/mol. The van der Waals surface area contributed by atoms with E-state index in [2.05, 4.69) is 10.3 Å². The lowest BCUT2D eigenvalue weighted by molar-refractivity contribution is -0.116. The standard InChI is InChI=1S/C18H22N2O3/c1-2-23-17-10-9-16(12-14(17)13-21)20-18(22)8-5-7-15-6-3-4-11-19-15/h3-4,6,9-12,21H,2,5,7-8,13H2,1H3,(H,20,22). The zero-order chi connectivity index (χ0) is 16.5. The van der Waals surface area contributed by atoms with Gasteiger partial charge in [0.25, 0.3) is 0 Å². The maximum atomic E-state index is 12.0. The van der Waals surface area contributed by atoms with Crippen LogP contribution in [-0.2, 0) is 17.8 Å². The monoisotopic (exact) mass is 314 g/mol. The smallest absolute Gasteiger partial charge is 0.224 e. The molecule has 2 rings (SSSR count). The minimum absolute atomic E-state index is 0.0472. The highest BCUT2D eigenvalue weighted by molar-refractivity contribution is 5.90. The second-order valence-electron chi connectivity index (χ2n) is 5.14. The van der Waals surface area contributed by atoms with Crippen molar-refractivity contribution in [3.63, 3.8) is 0 Å².